The van der Waals surface area contributed by atoms with Gasteiger partial charge in [-0.25, -0.2) is 0 Å². The Labute approximate surface area is 146 Å². The van der Waals surface area contributed by atoms with E-state index in [1.165, 1.54) is 12.8 Å². The van der Waals surface area contributed by atoms with E-state index in [1.54, 1.807) is 14.2 Å². The number of rotatable bonds is 9. The summed E-state index contributed by atoms with van der Waals surface area (Å²) < 4.78 is 16.7. The summed E-state index contributed by atoms with van der Waals surface area (Å²) in [5.74, 6) is 1.88. The zero-order chi connectivity index (χ0) is 16.8. The van der Waals surface area contributed by atoms with Crippen molar-refractivity contribution >= 4 is 21.9 Å². The Kier molecular flexibility index (Phi) is 6.72. The van der Waals surface area contributed by atoms with Crippen molar-refractivity contribution in [2.45, 2.75) is 26.3 Å². The zero-order valence-electron chi connectivity index (χ0n) is 13.9. The van der Waals surface area contributed by atoms with E-state index in [2.05, 4.69) is 20.8 Å². The normalized spacial score (nSPS) is 14.0. The first kappa shape index (κ1) is 18.1. The van der Waals surface area contributed by atoms with E-state index in [1.807, 2.05) is 19.1 Å². The SMILES string of the molecule is CCOC(=O)CN(Cc1ccc(OC)c(OC)c1Br)CC1CC1. The van der Waals surface area contributed by atoms with Crippen LogP contribution in [0.3, 0.4) is 0 Å². The van der Waals surface area contributed by atoms with Crippen LogP contribution in [0.25, 0.3) is 0 Å². The molecule has 0 aromatic heterocycles. The lowest BCUT2D eigenvalue weighted by molar-refractivity contribution is -0.144. The minimum atomic E-state index is -0.176. The van der Waals surface area contributed by atoms with Crippen molar-refractivity contribution in [2.24, 2.45) is 5.92 Å². The van der Waals surface area contributed by atoms with Gasteiger partial charge in [0.2, 0.25) is 0 Å². The lowest BCUT2D eigenvalue weighted by Crippen LogP contribution is -2.32. The summed E-state index contributed by atoms with van der Waals surface area (Å²) in [7, 11) is 3.23. The van der Waals surface area contributed by atoms with Crippen molar-refractivity contribution in [1.82, 2.24) is 4.90 Å². The highest BCUT2D eigenvalue weighted by Gasteiger charge is 2.26. The van der Waals surface area contributed by atoms with Gasteiger partial charge in [0, 0.05) is 13.1 Å². The van der Waals surface area contributed by atoms with Gasteiger partial charge in [0.25, 0.3) is 0 Å². The van der Waals surface area contributed by atoms with Gasteiger partial charge in [0.15, 0.2) is 11.5 Å². The van der Waals surface area contributed by atoms with Crippen molar-refractivity contribution in [3.05, 3.63) is 22.2 Å². The maximum Gasteiger partial charge on any atom is 0.320 e. The third-order valence-electron chi connectivity index (χ3n) is 3.83. The van der Waals surface area contributed by atoms with Crippen LogP contribution in [0, 0.1) is 5.92 Å². The molecule has 1 aliphatic rings. The van der Waals surface area contributed by atoms with Crippen LogP contribution < -0.4 is 9.47 Å². The first-order valence-electron chi connectivity index (χ1n) is 7.86. The predicted molar refractivity (Wildman–Crippen MR) is 91.9 cm³/mol. The van der Waals surface area contributed by atoms with Crippen LogP contribution >= 0.6 is 15.9 Å². The molecule has 0 amide bonds. The number of methoxy groups -OCH3 is 2. The minimum absolute atomic E-state index is 0.176. The first-order valence-corrected chi connectivity index (χ1v) is 8.65. The number of hydrogen-bond acceptors (Lipinski definition) is 5. The van der Waals surface area contributed by atoms with E-state index in [0.717, 1.165) is 16.6 Å². The smallest absolute Gasteiger partial charge is 0.320 e. The summed E-state index contributed by atoms with van der Waals surface area (Å²) >= 11 is 3.59. The molecule has 0 aliphatic heterocycles. The number of hydrogen-bond donors (Lipinski definition) is 0. The van der Waals surface area contributed by atoms with Crippen LogP contribution in [-0.2, 0) is 16.1 Å². The summed E-state index contributed by atoms with van der Waals surface area (Å²) in [6, 6.07) is 3.88. The lowest BCUT2D eigenvalue weighted by atomic mass is 10.1. The maximum absolute atomic E-state index is 11.8. The summed E-state index contributed by atoms with van der Waals surface area (Å²) in [5, 5.41) is 0. The van der Waals surface area contributed by atoms with Gasteiger partial charge in [-0.1, -0.05) is 6.07 Å². The highest BCUT2D eigenvalue weighted by molar-refractivity contribution is 9.10. The van der Waals surface area contributed by atoms with Crippen molar-refractivity contribution in [3.63, 3.8) is 0 Å². The molecule has 1 aliphatic carbocycles. The van der Waals surface area contributed by atoms with Gasteiger partial charge in [-0.15, -0.1) is 0 Å². The molecule has 5 nitrogen and oxygen atoms in total. The van der Waals surface area contributed by atoms with E-state index in [9.17, 15) is 4.79 Å². The van der Waals surface area contributed by atoms with Crippen LogP contribution in [0.2, 0.25) is 0 Å². The Hall–Kier alpha value is -1.27. The third kappa shape index (κ3) is 5.11. The second kappa shape index (κ2) is 8.55. The lowest BCUT2D eigenvalue weighted by Gasteiger charge is -2.23. The molecule has 6 heteroatoms. The van der Waals surface area contributed by atoms with Gasteiger partial charge in [-0.2, -0.15) is 0 Å². The standard InChI is InChI=1S/C17H24BrNO4/c1-4-23-15(20)11-19(9-12-5-6-12)10-13-7-8-14(21-2)17(22-3)16(13)18/h7-8,12H,4-6,9-11H2,1-3H3. The van der Waals surface area contributed by atoms with E-state index < -0.39 is 0 Å². The molecular weight excluding hydrogens is 362 g/mol. The zero-order valence-corrected chi connectivity index (χ0v) is 15.5. The third-order valence-corrected chi connectivity index (χ3v) is 4.70. The monoisotopic (exact) mass is 385 g/mol. The van der Waals surface area contributed by atoms with Gasteiger partial charge >= 0.3 is 5.97 Å². The van der Waals surface area contributed by atoms with Crippen molar-refractivity contribution in [3.8, 4) is 11.5 Å². The Morgan fingerprint density at radius 1 is 1.30 bits per heavy atom. The Morgan fingerprint density at radius 2 is 2.04 bits per heavy atom. The van der Waals surface area contributed by atoms with Crippen molar-refractivity contribution < 1.29 is 19.0 Å². The van der Waals surface area contributed by atoms with E-state index in [0.29, 0.717) is 37.1 Å². The molecule has 128 valence electrons. The molecule has 0 heterocycles. The highest BCUT2D eigenvalue weighted by atomic mass is 79.9. The average Bonchev–Trinajstić information content (AvgIpc) is 3.33. The van der Waals surface area contributed by atoms with Gasteiger partial charge < -0.3 is 14.2 Å². The number of carbonyl (C=O) groups excluding carboxylic acids is 1. The molecule has 1 fully saturated rings. The number of carbonyl (C=O) groups is 1. The highest BCUT2D eigenvalue weighted by Crippen LogP contribution is 2.38. The van der Waals surface area contributed by atoms with Crippen LogP contribution in [0.5, 0.6) is 11.5 Å². The predicted octanol–water partition coefficient (Wildman–Crippen LogP) is 3.24. The molecule has 1 saturated carbocycles. The summed E-state index contributed by atoms with van der Waals surface area (Å²) in [5.41, 5.74) is 1.06. The molecule has 0 spiro atoms. The van der Waals surface area contributed by atoms with E-state index in [4.69, 9.17) is 14.2 Å². The second-order valence-electron chi connectivity index (χ2n) is 5.69. The number of benzene rings is 1. The van der Waals surface area contributed by atoms with Crippen LogP contribution in [0.15, 0.2) is 16.6 Å². The average molecular weight is 386 g/mol. The molecular formula is C17H24BrNO4. The van der Waals surface area contributed by atoms with Crippen LogP contribution in [0.1, 0.15) is 25.3 Å². The number of halogens is 1. The summed E-state index contributed by atoms with van der Waals surface area (Å²) in [6.45, 7) is 4.13. The molecule has 23 heavy (non-hydrogen) atoms. The second-order valence-corrected chi connectivity index (χ2v) is 6.49. The van der Waals surface area contributed by atoms with Gasteiger partial charge in [-0.05, 0) is 53.2 Å². The van der Waals surface area contributed by atoms with Crippen LogP contribution in [0.4, 0.5) is 0 Å². The van der Waals surface area contributed by atoms with Gasteiger partial charge in [0.05, 0.1) is 31.8 Å². The van der Waals surface area contributed by atoms with Gasteiger partial charge in [-0.3, -0.25) is 9.69 Å². The number of ether oxygens (including phenoxy) is 3. The quantitative estimate of drug-likeness (QED) is 0.610. The van der Waals surface area contributed by atoms with Crippen molar-refractivity contribution in [1.29, 1.82) is 0 Å². The molecule has 1 aromatic carbocycles. The molecule has 0 N–H and O–H groups in total. The topological polar surface area (TPSA) is 48.0 Å². The molecule has 0 bridgehead atoms. The van der Waals surface area contributed by atoms with Crippen molar-refractivity contribution in [2.75, 3.05) is 33.9 Å². The fourth-order valence-corrected chi connectivity index (χ4v) is 3.15. The Morgan fingerprint density at radius 3 is 2.61 bits per heavy atom. The fraction of sp³-hybridized carbons (Fsp3) is 0.588. The van der Waals surface area contributed by atoms with Gasteiger partial charge in [0.1, 0.15) is 0 Å². The molecule has 1 aromatic rings. The van der Waals surface area contributed by atoms with E-state index >= 15 is 0 Å². The molecule has 0 saturated heterocycles. The fourth-order valence-electron chi connectivity index (χ4n) is 2.53. The first-order chi connectivity index (χ1) is 11.1. The molecule has 0 atom stereocenters. The summed E-state index contributed by atoms with van der Waals surface area (Å²) in [4.78, 5) is 14.0. The van der Waals surface area contributed by atoms with Crippen LogP contribution in [-0.4, -0.2) is 44.8 Å². The summed E-state index contributed by atoms with van der Waals surface area (Å²) in [6.07, 6.45) is 2.48. The maximum atomic E-state index is 11.8. The minimum Gasteiger partial charge on any atom is -0.493 e. The molecule has 2 rings (SSSR count). The Balaban J connectivity index is 2.13. The number of nitrogens with zero attached hydrogens (tertiary/aromatic N) is 1. The largest absolute Gasteiger partial charge is 0.493 e. The molecule has 0 unspecified atom stereocenters. The number of esters is 1. The Bertz CT molecular complexity index is 546. The molecule has 0 radical (unpaired) electrons. The van der Waals surface area contributed by atoms with E-state index in [-0.39, 0.29) is 5.97 Å².